The molecule has 4 nitrogen and oxygen atoms in total. The number of phenolic OH excluding ortho intramolecular Hbond substituents is 1. The maximum absolute atomic E-state index is 12.5. The molecule has 0 radical (unpaired) electrons. The molecule has 0 aliphatic carbocycles. The highest BCUT2D eigenvalue weighted by Crippen LogP contribution is 2.35. The van der Waals surface area contributed by atoms with Gasteiger partial charge in [0.25, 0.3) is 0 Å². The number of carbonyl (C=O) groups excluding carboxylic acids is 1. The average molecular weight is 375 g/mol. The average Bonchev–Trinajstić information content (AvgIpc) is 3.12. The second-order valence-corrected chi connectivity index (χ2v) is 7.20. The van der Waals surface area contributed by atoms with E-state index < -0.39 is 0 Å². The van der Waals surface area contributed by atoms with E-state index in [1.54, 1.807) is 37.4 Å². The van der Waals surface area contributed by atoms with Crippen molar-refractivity contribution < 1.29 is 14.6 Å². The van der Waals surface area contributed by atoms with Crippen LogP contribution in [0, 0.1) is 0 Å². The number of nitrogens with zero attached hydrogens (tertiary/aromatic N) is 1. The van der Waals surface area contributed by atoms with Gasteiger partial charge in [0.05, 0.1) is 22.9 Å². The minimum atomic E-state index is -0.00945. The fourth-order valence-corrected chi connectivity index (χ4v) is 3.92. The molecule has 0 saturated heterocycles. The topological polar surface area (TPSA) is 59.4 Å². The number of rotatable bonds is 5. The summed E-state index contributed by atoms with van der Waals surface area (Å²) >= 11 is 1.53. The summed E-state index contributed by atoms with van der Waals surface area (Å²) in [5.41, 5.74) is 2.97. The van der Waals surface area contributed by atoms with E-state index in [4.69, 9.17) is 4.74 Å². The molecule has 1 heterocycles. The summed E-state index contributed by atoms with van der Waals surface area (Å²) in [6.07, 6.45) is 0.222. The van der Waals surface area contributed by atoms with Gasteiger partial charge in [-0.1, -0.05) is 18.2 Å². The number of para-hydroxylation sites is 1. The van der Waals surface area contributed by atoms with Crippen LogP contribution < -0.4 is 4.74 Å². The van der Waals surface area contributed by atoms with Crippen LogP contribution in [0.5, 0.6) is 11.5 Å². The van der Waals surface area contributed by atoms with Gasteiger partial charge in [0.1, 0.15) is 16.5 Å². The summed E-state index contributed by atoms with van der Waals surface area (Å²) in [6, 6.07) is 20.2. The van der Waals surface area contributed by atoms with Crippen LogP contribution in [0.1, 0.15) is 15.9 Å². The molecule has 0 amide bonds. The molecule has 4 rings (SSSR count). The number of thiazole rings is 1. The molecule has 1 N–H and O–H groups in total. The second kappa shape index (κ2) is 7.21. The Morgan fingerprint density at radius 3 is 2.56 bits per heavy atom. The van der Waals surface area contributed by atoms with Gasteiger partial charge in [0, 0.05) is 12.0 Å². The van der Waals surface area contributed by atoms with E-state index in [0.29, 0.717) is 16.9 Å². The first kappa shape index (κ1) is 17.2. The first-order valence-electron chi connectivity index (χ1n) is 8.49. The molecule has 0 aliphatic rings. The standard InChI is InChI=1S/C22H17NO3S/c1-26-16-9-7-15(8-10-16)19(24)12-14-6-11-17(20(25)13-14)22-23-18-4-2-3-5-21(18)27-22/h2-11,13,25H,12H2,1H3. The molecular formula is C22H17NO3S. The fraction of sp³-hybridized carbons (Fsp3) is 0.0909. The lowest BCUT2D eigenvalue weighted by Crippen LogP contribution is -2.03. The van der Waals surface area contributed by atoms with Crippen LogP contribution >= 0.6 is 11.3 Å². The lowest BCUT2D eigenvalue weighted by molar-refractivity contribution is 0.0993. The molecule has 0 spiro atoms. The monoisotopic (exact) mass is 375 g/mol. The van der Waals surface area contributed by atoms with Crippen molar-refractivity contribution in [2.75, 3.05) is 7.11 Å². The predicted molar refractivity (Wildman–Crippen MR) is 108 cm³/mol. The Labute approximate surface area is 160 Å². The Hall–Kier alpha value is -3.18. The molecule has 5 heteroatoms. The summed E-state index contributed by atoms with van der Waals surface area (Å²) in [5.74, 6) is 0.836. The highest BCUT2D eigenvalue weighted by atomic mass is 32.1. The number of Topliss-reactive ketones (excluding diaryl/α,β-unsaturated/α-hetero) is 1. The largest absolute Gasteiger partial charge is 0.507 e. The number of aromatic nitrogens is 1. The van der Waals surface area contributed by atoms with Crippen molar-refractivity contribution in [3.8, 4) is 22.1 Å². The third-order valence-electron chi connectivity index (χ3n) is 4.36. The van der Waals surface area contributed by atoms with Gasteiger partial charge in [-0.2, -0.15) is 0 Å². The van der Waals surface area contributed by atoms with Crippen molar-refractivity contribution in [1.29, 1.82) is 0 Å². The summed E-state index contributed by atoms with van der Waals surface area (Å²) in [7, 11) is 1.59. The predicted octanol–water partition coefficient (Wildman–Crippen LogP) is 5.10. The normalized spacial score (nSPS) is 10.9. The van der Waals surface area contributed by atoms with Crippen LogP contribution in [-0.4, -0.2) is 23.0 Å². The molecule has 27 heavy (non-hydrogen) atoms. The van der Waals surface area contributed by atoms with Crippen molar-refractivity contribution >= 4 is 27.3 Å². The first-order chi connectivity index (χ1) is 13.1. The maximum Gasteiger partial charge on any atom is 0.167 e. The molecule has 1 aromatic heterocycles. The van der Waals surface area contributed by atoms with Crippen molar-refractivity contribution in [2.45, 2.75) is 6.42 Å². The van der Waals surface area contributed by atoms with Crippen LogP contribution in [-0.2, 0) is 6.42 Å². The molecule has 0 unspecified atom stereocenters. The van der Waals surface area contributed by atoms with Crippen LogP contribution in [0.4, 0.5) is 0 Å². The first-order valence-corrected chi connectivity index (χ1v) is 9.31. The van der Waals surface area contributed by atoms with Crippen molar-refractivity contribution in [2.24, 2.45) is 0 Å². The Morgan fingerprint density at radius 1 is 1.07 bits per heavy atom. The van der Waals surface area contributed by atoms with E-state index >= 15 is 0 Å². The number of fused-ring (bicyclic) bond motifs is 1. The number of methoxy groups -OCH3 is 1. The number of hydrogen-bond acceptors (Lipinski definition) is 5. The van der Waals surface area contributed by atoms with Gasteiger partial charge in [0.2, 0.25) is 0 Å². The Kier molecular flexibility index (Phi) is 4.60. The minimum absolute atomic E-state index is 0.00945. The lowest BCUT2D eigenvalue weighted by Gasteiger charge is -2.06. The molecule has 0 atom stereocenters. The highest BCUT2D eigenvalue weighted by molar-refractivity contribution is 7.21. The quantitative estimate of drug-likeness (QED) is 0.493. The van der Waals surface area contributed by atoms with Crippen LogP contribution in [0.3, 0.4) is 0 Å². The minimum Gasteiger partial charge on any atom is -0.507 e. The van der Waals surface area contributed by atoms with E-state index in [1.807, 2.05) is 36.4 Å². The van der Waals surface area contributed by atoms with E-state index in [-0.39, 0.29) is 18.0 Å². The summed E-state index contributed by atoms with van der Waals surface area (Å²) in [6.45, 7) is 0. The van der Waals surface area contributed by atoms with Gasteiger partial charge >= 0.3 is 0 Å². The van der Waals surface area contributed by atoms with Crippen molar-refractivity contribution in [1.82, 2.24) is 4.98 Å². The van der Waals surface area contributed by atoms with Gasteiger partial charge in [-0.15, -0.1) is 11.3 Å². The van der Waals surface area contributed by atoms with Gasteiger partial charge in [-0.3, -0.25) is 4.79 Å². The summed E-state index contributed by atoms with van der Waals surface area (Å²) in [5, 5.41) is 11.2. The number of carbonyl (C=O) groups is 1. The summed E-state index contributed by atoms with van der Waals surface area (Å²) < 4.78 is 6.19. The zero-order valence-electron chi connectivity index (χ0n) is 14.7. The van der Waals surface area contributed by atoms with Gasteiger partial charge in [-0.25, -0.2) is 4.98 Å². The third-order valence-corrected chi connectivity index (χ3v) is 5.43. The summed E-state index contributed by atoms with van der Waals surface area (Å²) in [4.78, 5) is 17.0. The molecule has 0 saturated carbocycles. The van der Waals surface area contributed by atoms with E-state index in [0.717, 1.165) is 20.8 Å². The number of ketones is 1. The molecule has 0 bridgehead atoms. The molecule has 0 aliphatic heterocycles. The third kappa shape index (κ3) is 3.55. The van der Waals surface area contributed by atoms with Gasteiger partial charge in [-0.05, 0) is 54.1 Å². The number of ether oxygens (including phenoxy) is 1. The second-order valence-electron chi connectivity index (χ2n) is 6.17. The van der Waals surface area contributed by atoms with Gasteiger partial charge in [0.15, 0.2) is 5.78 Å². The SMILES string of the molecule is COc1ccc(C(=O)Cc2ccc(-c3nc4ccccc4s3)c(O)c2)cc1. The lowest BCUT2D eigenvalue weighted by atomic mass is 10.0. The van der Waals surface area contributed by atoms with Crippen molar-refractivity contribution in [3.05, 3.63) is 77.9 Å². The van der Waals surface area contributed by atoms with E-state index in [2.05, 4.69) is 4.98 Å². The molecule has 4 aromatic rings. The van der Waals surface area contributed by atoms with E-state index in [9.17, 15) is 9.90 Å². The number of hydrogen-bond donors (Lipinski definition) is 1. The molecule has 134 valence electrons. The van der Waals surface area contributed by atoms with Crippen LogP contribution in [0.2, 0.25) is 0 Å². The number of benzene rings is 3. The molecular weight excluding hydrogens is 358 g/mol. The fourth-order valence-electron chi connectivity index (χ4n) is 2.92. The smallest absolute Gasteiger partial charge is 0.167 e. The Bertz CT molecular complexity index is 1080. The molecule has 3 aromatic carbocycles. The van der Waals surface area contributed by atoms with E-state index in [1.165, 1.54) is 11.3 Å². The zero-order chi connectivity index (χ0) is 18.8. The highest BCUT2D eigenvalue weighted by Gasteiger charge is 2.13. The van der Waals surface area contributed by atoms with Crippen molar-refractivity contribution in [3.63, 3.8) is 0 Å². The zero-order valence-corrected chi connectivity index (χ0v) is 15.5. The molecule has 0 fully saturated rings. The Morgan fingerprint density at radius 2 is 1.85 bits per heavy atom. The van der Waals surface area contributed by atoms with Gasteiger partial charge < -0.3 is 9.84 Å². The van der Waals surface area contributed by atoms with Crippen LogP contribution in [0.25, 0.3) is 20.8 Å². The Balaban J connectivity index is 1.56. The number of aromatic hydroxyl groups is 1. The van der Waals surface area contributed by atoms with Crippen LogP contribution in [0.15, 0.2) is 66.7 Å². The number of phenols is 1. The maximum atomic E-state index is 12.5.